The van der Waals surface area contributed by atoms with Crippen molar-refractivity contribution in [1.82, 2.24) is 0 Å². The first-order valence-electron chi connectivity index (χ1n) is 7.17. The Hall–Kier alpha value is -1.86. The van der Waals surface area contributed by atoms with E-state index in [0.717, 1.165) is 12.0 Å². The van der Waals surface area contributed by atoms with Gasteiger partial charge in [-0.15, -0.1) is 0 Å². The standard InChI is InChI=1S/C19H20O/c1-13-8-9-14(2)18-17(13)11-10-16(19(18)20)12-15-6-4-3-5-7-15/h3-11,16,19-20H,12H2,1-2H3/t16-,19+/m1/s1. The number of aliphatic hydroxyl groups is 1. The van der Waals surface area contributed by atoms with Crippen LogP contribution in [0.2, 0.25) is 0 Å². The highest BCUT2D eigenvalue weighted by molar-refractivity contribution is 5.63. The van der Waals surface area contributed by atoms with Gasteiger partial charge in [-0.05, 0) is 48.1 Å². The lowest BCUT2D eigenvalue weighted by molar-refractivity contribution is 0.129. The van der Waals surface area contributed by atoms with E-state index in [4.69, 9.17) is 0 Å². The minimum Gasteiger partial charge on any atom is -0.388 e. The molecule has 0 unspecified atom stereocenters. The van der Waals surface area contributed by atoms with Crippen LogP contribution in [0.15, 0.2) is 48.5 Å². The van der Waals surface area contributed by atoms with E-state index in [1.807, 2.05) is 6.07 Å². The summed E-state index contributed by atoms with van der Waals surface area (Å²) in [6.07, 6.45) is 4.81. The van der Waals surface area contributed by atoms with Crippen LogP contribution in [-0.2, 0) is 6.42 Å². The molecule has 2 aromatic carbocycles. The highest BCUT2D eigenvalue weighted by Gasteiger charge is 2.26. The maximum absolute atomic E-state index is 10.7. The van der Waals surface area contributed by atoms with Crippen LogP contribution >= 0.6 is 0 Å². The maximum atomic E-state index is 10.7. The number of aliphatic hydroxyl groups excluding tert-OH is 1. The largest absolute Gasteiger partial charge is 0.388 e. The first-order chi connectivity index (χ1) is 9.66. The normalized spacial score (nSPS) is 20.8. The van der Waals surface area contributed by atoms with E-state index in [2.05, 4.69) is 62.4 Å². The van der Waals surface area contributed by atoms with E-state index in [9.17, 15) is 5.11 Å². The molecule has 0 bridgehead atoms. The summed E-state index contributed by atoms with van der Waals surface area (Å²) in [7, 11) is 0. The predicted molar refractivity (Wildman–Crippen MR) is 83.5 cm³/mol. The van der Waals surface area contributed by atoms with Gasteiger partial charge in [0.15, 0.2) is 0 Å². The fourth-order valence-electron chi connectivity index (χ4n) is 3.07. The molecule has 0 radical (unpaired) electrons. The molecule has 0 aromatic heterocycles. The number of hydrogen-bond acceptors (Lipinski definition) is 1. The lowest BCUT2D eigenvalue weighted by Gasteiger charge is -2.28. The Morgan fingerprint density at radius 3 is 2.40 bits per heavy atom. The van der Waals surface area contributed by atoms with Crippen molar-refractivity contribution in [3.63, 3.8) is 0 Å². The van der Waals surface area contributed by atoms with Crippen molar-refractivity contribution in [3.8, 4) is 0 Å². The van der Waals surface area contributed by atoms with Gasteiger partial charge in [0.1, 0.15) is 0 Å². The Balaban J connectivity index is 1.94. The number of benzene rings is 2. The van der Waals surface area contributed by atoms with Crippen molar-refractivity contribution in [2.45, 2.75) is 26.4 Å². The van der Waals surface area contributed by atoms with Crippen LogP contribution in [-0.4, -0.2) is 5.11 Å². The van der Waals surface area contributed by atoms with Gasteiger partial charge in [-0.25, -0.2) is 0 Å². The molecule has 0 spiro atoms. The average Bonchev–Trinajstić information content (AvgIpc) is 2.46. The Bertz CT molecular complexity index is 640. The Morgan fingerprint density at radius 2 is 1.65 bits per heavy atom. The Morgan fingerprint density at radius 1 is 0.950 bits per heavy atom. The number of hydrogen-bond donors (Lipinski definition) is 1. The lowest BCUT2D eigenvalue weighted by atomic mass is 9.80. The Kier molecular flexibility index (Phi) is 3.45. The summed E-state index contributed by atoms with van der Waals surface area (Å²) in [4.78, 5) is 0. The summed E-state index contributed by atoms with van der Waals surface area (Å²) in [6.45, 7) is 4.19. The molecule has 102 valence electrons. The SMILES string of the molecule is Cc1ccc(C)c2c1C=C[C@H](Cc1ccccc1)[C@@H]2O. The summed E-state index contributed by atoms with van der Waals surface area (Å²) in [5.41, 5.74) is 5.99. The lowest BCUT2D eigenvalue weighted by Crippen LogP contribution is -2.19. The second kappa shape index (κ2) is 5.26. The molecule has 2 aromatic rings. The van der Waals surface area contributed by atoms with Gasteiger partial charge in [0.2, 0.25) is 0 Å². The molecule has 2 atom stereocenters. The van der Waals surface area contributed by atoms with Crippen molar-refractivity contribution >= 4 is 6.08 Å². The quantitative estimate of drug-likeness (QED) is 0.861. The minimum atomic E-state index is -0.407. The average molecular weight is 264 g/mol. The van der Waals surface area contributed by atoms with E-state index >= 15 is 0 Å². The third-order valence-corrected chi connectivity index (χ3v) is 4.25. The Labute approximate surface area is 120 Å². The molecule has 1 aliphatic carbocycles. The van der Waals surface area contributed by atoms with E-state index < -0.39 is 6.10 Å². The van der Waals surface area contributed by atoms with Gasteiger partial charge >= 0.3 is 0 Å². The molecule has 0 fully saturated rings. The van der Waals surface area contributed by atoms with Crippen molar-refractivity contribution in [1.29, 1.82) is 0 Å². The van der Waals surface area contributed by atoms with E-state index in [0.29, 0.717) is 0 Å². The molecule has 1 N–H and O–H groups in total. The van der Waals surface area contributed by atoms with Crippen LogP contribution in [0.3, 0.4) is 0 Å². The highest BCUT2D eigenvalue weighted by atomic mass is 16.3. The molecule has 0 amide bonds. The summed E-state index contributed by atoms with van der Waals surface area (Å²) >= 11 is 0. The number of fused-ring (bicyclic) bond motifs is 1. The summed E-state index contributed by atoms with van der Waals surface area (Å²) < 4.78 is 0. The molecule has 0 saturated carbocycles. The van der Waals surface area contributed by atoms with Gasteiger partial charge in [0.05, 0.1) is 6.10 Å². The summed E-state index contributed by atoms with van der Waals surface area (Å²) in [5, 5.41) is 10.7. The van der Waals surface area contributed by atoms with Crippen molar-refractivity contribution in [2.75, 3.05) is 0 Å². The van der Waals surface area contributed by atoms with Gasteiger partial charge < -0.3 is 5.11 Å². The van der Waals surface area contributed by atoms with E-state index in [1.165, 1.54) is 22.3 Å². The zero-order valence-electron chi connectivity index (χ0n) is 12.0. The molecule has 1 nitrogen and oxygen atoms in total. The topological polar surface area (TPSA) is 20.2 Å². The zero-order chi connectivity index (χ0) is 14.1. The van der Waals surface area contributed by atoms with Gasteiger partial charge in [-0.2, -0.15) is 0 Å². The number of aryl methyl sites for hydroxylation is 2. The molecule has 0 heterocycles. The second-order valence-corrected chi connectivity index (χ2v) is 5.68. The fraction of sp³-hybridized carbons (Fsp3) is 0.263. The third-order valence-electron chi connectivity index (χ3n) is 4.25. The van der Waals surface area contributed by atoms with Gasteiger partial charge in [-0.3, -0.25) is 0 Å². The number of rotatable bonds is 2. The molecule has 20 heavy (non-hydrogen) atoms. The predicted octanol–water partition coefficient (Wildman–Crippen LogP) is 4.22. The van der Waals surface area contributed by atoms with E-state index in [-0.39, 0.29) is 5.92 Å². The molecule has 3 rings (SSSR count). The fourth-order valence-corrected chi connectivity index (χ4v) is 3.07. The van der Waals surface area contributed by atoms with Gasteiger partial charge in [-0.1, -0.05) is 54.6 Å². The van der Waals surface area contributed by atoms with Crippen LogP contribution < -0.4 is 0 Å². The highest BCUT2D eigenvalue weighted by Crippen LogP contribution is 2.37. The second-order valence-electron chi connectivity index (χ2n) is 5.68. The molecule has 0 aliphatic heterocycles. The molecular formula is C19H20O. The van der Waals surface area contributed by atoms with Crippen LogP contribution in [0.5, 0.6) is 0 Å². The third kappa shape index (κ3) is 2.30. The smallest absolute Gasteiger partial charge is 0.0864 e. The van der Waals surface area contributed by atoms with Gasteiger partial charge in [0.25, 0.3) is 0 Å². The monoisotopic (exact) mass is 264 g/mol. The zero-order valence-corrected chi connectivity index (χ0v) is 12.0. The van der Waals surface area contributed by atoms with Crippen LogP contribution in [0, 0.1) is 19.8 Å². The maximum Gasteiger partial charge on any atom is 0.0864 e. The van der Waals surface area contributed by atoms with Crippen LogP contribution in [0.1, 0.15) is 33.9 Å². The molecule has 1 heteroatoms. The van der Waals surface area contributed by atoms with Gasteiger partial charge in [0, 0.05) is 5.92 Å². The van der Waals surface area contributed by atoms with E-state index in [1.54, 1.807) is 0 Å². The van der Waals surface area contributed by atoms with Crippen molar-refractivity contribution in [3.05, 3.63) is 76.4 Å². The molecular weight excluding hydrogens is 244 g/mol. The summed E-state index contributed by atoms with van der Waals surface area (Å²) in [5.74, 6) is 0.158. The van der Waals surface area contributed by atoms with Crippen molar-refractivity contribution in [2.24, 2.45) is 5.92 Å². The molecule has 1 aliphatic rings. The van der Waals surface area contributed by atoms with Crippen LogP contribution in [0.4, 0.5) is 0 Å². The summed E-state index contributed by atoms with van der Waals surface area (Å²) in [6, 6.07) is 14.6. The van der Waals surface area contributed by atoms with Crippen LogP contribution in [0.25, 0.3) is 6.08 Å². The van der Waals surface area contributed by atoms with Crippen molar-refractivity contribution < 1.29 is 5.11 Å². The minimum absolute atomic E-state index is 0.158. The first-order valence-corrected chi connectivity index (χ1v) is 7.17. The first kappa shape index (κ1) is 13.1. The molecule has 0 saturated heterocycles.